The van der Waals surface area contributed by atoms with Crippen molar-refractivity contribution in [2.24, 2.45) is 0 Å². The van der Waals surface area contributed by atoms with Crippen molar-refractivity contribution in [2.75, 3.05) is 0 Å². The summed E-state index contributed by atoms with van der Waals surface area (Å²) in [5.41, 5.74) is 1.26. The van der Waals surface area contributed by atoms with Crippen LogP contribution in [0.5, 0.6) is 0 Å². The second kappa shape index (κ2) is 6.82. The zero-order valence-corrected chi connectivity index (χ0v) is 14.3. The summed E-state index contributed by atoms with van der Waals surface area (Å²) in [5, 5.41) is 0.596. The van der Waals surface area contributed by atoms with E-state index in [9.17, 15) is 8.42 Å². The Bertz CT molecular complexity index is 710. The Morgan fingerprint density at radius 2 is 1.55 bits per heavy atom. The number of hydrogen-bond acceptors (Lipinski definition) is 2. The van der Waals surface area contributed by atoms with Gasteiger partial charge in [-0.1, -0.05) is 54.1 Å². The van der Waals surface area contributed by atoms with E-state index in [0.29, 0.717) is 17.0 Å². The lowest BCUT2D eigenvalue weighted by Crippen LogP contribution is -2.45. The average molecular weight is 338 g/mol. The van der Waals surface area contributed by atoms with Gasteiger partial charge in [-0.2, -0.15) is 0 Å². The molecule has 0 fully saturated rings. The molecule has 0 bridgehead atoms. The maximum absolute atomic E-state index is 12.3. The molecule has 0 atom stereocenters. The Hall–Kier alpha value is -1.36. The van der Waals surface area contributed by atoms with Crippen molar-refractivity contribution < 1.29 is 8.42 Å². The van der Waals surface area contributed by atoms with Crippen LogP contribution in [-0.4, -0.2) is 14.0 Å². The lowest BCUT2D eigenvalue weighted by atomic mass is 9.96. The molecule has 2 rings (SSSR count). The maximum atomic E-state index is 12.3. The average Bonchev–Trinajstić information content (AvgIpc) is 2.40. The molecule has 118 valence electrons. The van der Waals surface area contributed by atoms with Gasteiger partial charge in [0.15, 0.2) is 0 Å². The second-order valence-corrected chi connectivity index (χ2v) is 8.19. The van der Waals surface area contributed by atoms with Gasteiger partial charge in [0, 0.05) is 10.6 Å². The highest BCUT2D eigenvalue weighted by Gasteiger charge is 2.25. The first-order chi connectivity index (χ1) is 10.3. The molecule has 0 aliphatic rings. The van der Waals surface area contributed by atoms with E-state index in [4.69, 9.17) is 11.6 Å². The molecule has 2 aromatic carbocycles. The van der Waals surface area contributed by atoms with E-state index in [0.717, 1.165) is 5.56 Å². The van der Waals surface area contributed by atoms with Gasteiger partial charge in [0.2, 0.25) is 10.0 Å². The third kappa shape index (κ3) is 5.44. The minimum absolute atomic E-state index is 0.0532. The highest BCUT2D eigenvalue weighted by molar-refractivity contribution is 7.88. The minimum Gasteiger partial charge on any atom is -0.212 e. The molecule has 2 aromatic rings. The fourth-order valence-electron chi connectivity index (χ4n) is 2.40. The van der Waals surface area contributed by atoms with Crippen molar-refractivity contribution in [3.63, 3.8) is 0 Å². The SMILES string of the molecule is CC(C)(Cc1ccccc1)NS(=O)(=O)Cc1ccc(Cl)cc1. The van der Waals surface area contributed by atoms with E-state index < -0.39 is 15.6 Å². The van der Waals surface area contributed by atoms with E-state index in [2.05, 4.69) is 4.72 Å². The molecule has 5 heteroatoms. The standard InChI is InChI=1S/C17H20ClNO2S/c1-17(2,12-14-6-4-3-5-7-14)19-22(20,21)13-15-8-10-16(18)11-9-15/h3-11,19H,12-13H2,1-2H3. The normalized spacial score (nSPS) is 12.3. The van der Waals surface area contributed by atoms with Gasteiger partial charge >= 0.3 is 0 Å². The van der Waals surface area contributed by atoms with E-state index in [1.807, 2.05) is 44.2 Å². The van der Waals surface area contributed by atoms with Gasteiger partial charge < -0.3 is 0 Å². The molecule has 0 saturated heterocycles. The van der Waals surface area contributed by atoms with Crippen LogP contribution < -0.4 is 4.72 Å². The van der Waals surface area contributed by atoms with Gasteiger partial charge in [-0.05, 0) is 43.5 Å². The van der Waals surface area contributed by atoms with E-state index in [1.54, 1.807) is 24.3 Å². The van der Waals surface area contributed by atoms with E-state index in [-0.39, 0.29) is 5.75 Å². The summed E-state index contributed by atoms with van der Waals surface area (Å²) >= 11 is 5.81. The monoisotopic (exact) mass is 337 g/mol. The van der Waals surface area contributed by atoms with Crippen molar-refractivity contribution in [3.8, 4) is 0 Å². The first-order valence-corrected chi connectivity index (χ1v) is 9.09. The fourth-order valence-corrected chi connectivity index (χ4v) is 4.14. The van der Waals surface area contributed by atoms with Crippen molar-refractivity contribution in [1.29, 1.82) is 0 Å². The van der Waals surface area contributed by atoms with Gasteiger partial charge in [0.1, 0.15) is 0 Å². The molecule has 1 N–H and O–H groups in total. The quantitative estimate of drug-likeness (QED) is 0.871. The predicted molar refractivity (Wildman–Crippen MR) is 91.4 cm³/mol. The Labute approximate surface area is 137 Å². The third-order valence-corrected chi connectivity index (χ3v) is 5.02. The molecule has 0 unspecified atom stereocenters. The zero-order chi connectivity index (χ0) is 16.2. The Kier molecular flexibility index (Phi) is 5.27. The number of sulfonamides is 1. The number of benzene rings is 2. The Morgan fingerprint density at radius 1 is 0.955 bits per heavy atom. The molecule has 0 aliphatic heterocycles. The van der Waals surface area contributed by atoms with Crippen LogP contribution in [0.4, 0.5) is 0 Å². The molecule has 0 spiro atoms. The molecule has 0 amide bonds. The van der Waals surface area contributed by atoms with Crippen LogP contribution in [0.25, 0.3) is 0 Å². The van der Waals surface area contributed by atoms with Crippen molar-refractivity contribution in [3.05, 3.63) is 70.7 Å². The third-order valence-electron chi connectivity index (χ3n) is 3.19. The second-order valence-electron chi connectivity index (χ2n) is 6.03. The first-order valence-electron chi connectivity index (χ1n) is 7.06. The zero-order valence-electron chi connectivity index (χ0n) is 12.7. The topological polar surface area (TPSA) is 46.2 Å². The Morgan fingerprint density at radius 3 is 2.14 bits per heavy atom. The van der Waals surface area contributed by atoms with Gasteiger partial charge in [0.05, 0.1) is 5.75 Å². The number of halogens is 1. The molecule has 0 radical (unpaired) electrons. The first kappa shape index (κ1) is 17.0. The van der Waals surface area contributed by atoms with E-state index in [1.165, 1.54) is 0 Å². The van der Waals surface area contributed by atoms with Gasteiger partial charge in [-0.25, -0.2) is 13.1 Å². The highest BCUT2D eigenvalue weighted by atomic mass is 35.5. The lowest BCUT2D eigenvalue weighted by molar-refractivity contribution is 0.450. The van der Waals surface area contributed by atoms with Crippen molar-refractivity contribution >= 4 is 21.6 Å². The van der Waals surface area contributed by atoms with Crippen molar-refractivity contribution in [2.45, 2.75) is 31.6 Å². The van der Waals surface area contributed by atoms with Crippen LogP contribution in [-0.2, 0) is 22.2 Å². The lowest BCUT2D eigenvalue weighted by Gasteiger charge is -2.26. The van der Waals surface area contributed by atoms with Crippen LogP contribution in [0.2, 0.25) is 5.02 Å². The summed E-state index contributed by atoms with van der Waals surface area (Å²) in [6.45, 7) is 3.78. The highest BCUT2D eigenvalue weighted by Crippen LogP contribution is 2.16. The number of hydrogen-bond donors (Lipinski definition) is 1. The molecular formula is C17H20ClNO2S. The summed E-state index contributed by atoms with van der Waals surface area (Å²) in [4.78, 5) is 0. The number of nitrogens with one attached hydrogen (secondary N) is 1. The van der Waals surface area contributed by atoms with Crippen molar-refractivity contribution in [1.82, 2.24) is 4.72 Å². The smallest absolute Gasteiger partial charge is 0.212 e. The van der Waals surface area contributed by atoms with Crippen LogP contribution in [0.3, 0.4) is 0 Å². The van der Waals surface area contributed by atoms with Gasteiger partial charge in [-0.3, -0.25) is 0 Å². The minimum atomic E-state index is -3.42. The fraction of sp³-hybridized carbons (Fsp3) is 0.294. The molecule has 3 nitrogen and oxygen atoms in total. The summed E-state index contributed by atoms with van der Waals surface area (Å²) in [6.07, 6.45) is 0.633. The summed E-state index contributed by atoms with van der Waals surface area (Å²) in [7, 11) is -3.42. The predicted octanol–water partition coefficient (Wildman–Crippen LogP) is 3.78. The molecule has 0 aliphatic carbocycles. The molecule has 0 aromatic heterocycles. The summed E-state index contributed by atoms with van der Waals surface area (Å²) in [6, 6.07) is 16.7. The van der Waals surface area contributed by atoms with Crippen LogP contribution >= 0.6 is 11.6 Å². The summed E-state index contributed by atoms with van der Waals surface area (Å²) in [5.74, 6) is -0.0532. The number of rotatable bonds is 6. The molecule has 0 heterocycles. The van der Waals surface area contributed by atoms with Gasteiger partial charge in [-0.15, -0.1) is 0 Å². The molecule has 22 heavy (non-hydrogen) atoms. The van der Waals surface area contributed by atoms with E-state index >= 15 is 0 Å². The molecule has 0 saturated carbocycles. The van der Waals surface area contributed by atoms with Crippen LogP contribution in [0.15, 0.2) is 54.6 Å². The van der Waals surface area contributed by atoms with Crippen LogP contribution in [0.1, 0.15) is 25.0 Å². The summed E-state index contributed by atoms with van der Waals surface area (Å²) < 4.78 is 27.5. The maximum Gasteiger partial charge on any atom is 0.216 e. The van der Waals surface area contributed by atoms with Crippen LogP contribution in [0, 0.1) is 0 Å². The van der Waals surface area contributed by atoms with Gasteiger partial charge in [0.25, 0.3) is 0 Å². The largest absolute Gasteiger partial charge is 0.216 e. The molecular weight excluding hydrogens is 318 g/mol. The Balaban J connectivity index is 2.05.